The topological polar surface area (TPSA) is 70.7 Å². The van der Waals surface area contributed by atoms with Gasteiger partial charge in [0.15, 0.2) is 0 Å². The van der Waals surface area contributed by atoms with Crippen molar-refractivity contribution in [3.63, 3.8) is 0 Å². The zero-order chi connectivity index (χ0) is 19.1. The first-order valence-corrected chi connectivity index (χ1v) is 8.93. The molecule has 1 aromatic rings. The van der Waals surface area contributed by atoms with Crippen LogP contribution in [-0.2, 0) is 9.53 Å². The highest BCUT2D eigenvalue weighted by atomic mass is 16.5. The number of benzene rings is 1. The molecule has 0 unspecified atom stereocenters. The first kappa shape index (κ1) is 19.6. The van der Waals surface area contributed by atoms with E-state index < -0.39 is 12.0 Å². The van der Waals surface area contributed by atoms with Crippen molar-refractivity contribution in [1.29, 1.82) is 0 Å². The molecule has 2 N–H and O–H groups in total. The molecule has 1 aromatic carbocycles. The number of esters is 1. The summed E-state index contributed by atoms with van der Waals surface area (Å²) in [4.78, 5) is 26.7. The first-order chi connectivity index (χ1) is 12.5. The number of carbonyl (C=O) groups excluding carboxylic acids is 2. The average molecular weight is 357 g/mol. The zero-order valence-electron chi connectivity index (χ0n) is 15.8. The van der Waals surface area contributed by atoms with Crippen LogP contribution in [0.15, 0.2) is 47.7 Å². The molecular weight excluding hydrogens is 330 g/mol. The lowest BCUT2D eigenvalue weighted by Crippen LogP contribution is -2.45. The number of hydrogen-bond acceptors (Lipinski definition) is 4. The maximum atomic E-state index is 12.5. The number of amides is 2. The van der Waals surface area contributed by atoms with E-state index in [2.05, 4.69) is 29.4 Å². The molecule has 1 atom stereocenters. The Morgan fingerprint density at radius 1 is 1.23 bits per heavy atom. The van der Waals surface area contributed by atoms with Crippen LogP contribution >= 0.6 is 0 Å². The fraction of sp³-hybridized carbons (Fsp3) is 0.400. The SMILES string of the molecule is C/C=C/COC(=O)C1=C(C)NC(=O)N[C@@H]1c1ccc(N(CC)CC)cc1. The molecular formula is C20H27N3O3. The minimum Gasteiger partial charge on any atom is -0.458 e. The lowest BCUT2D eigenvalue weighted by atomic mass is 9.95. The molecule has 0 radical (unpaired) electrons. The van der Waals surface area contributed by atoms with E-state index in [4.69, 9.17) is 4.74 Å². The Labute approximate surface area is 154 Å². The molecule has 2 rings (SSSR count). The predicted molar refractivity (Wildman–Crippen MR) is 103 cm³/mol. The summed E-state index contributed by atoms with van der Waals surface area (Å²) >= 11 is 0. The van der Waals surface area contributed by atoms with E-state index in [0.717, 1.165) is 24.3 Å². The fourth-order valence-electron chi connectivity index (χ4n) is 2.98. The third-order valence-electron chi connectivity index (χ3n) is 4.39. The van der Waals surface area contributed by atoms with Gasteiger partial charge in [-0.25, -0.2) is 9.59 Å². The molecule has 0 saturated carbocycles. The van der Waals surface area contributed by atoms with Gasteiger partial charge in [0.2, 0.25) is 0 Å². The summed E-state index contributed by atoms with van der Waals surface area (Å²) in [5.41, 5.74) is 2.88. The van der Waals surface area contributed by atoms with E-state index >= 15 is 0 Å². The van der Waals surface area contributed by atoms with Crippen LogP contribution in [0.25, 0.3) is 0 Å². The van der Waals surface area contributed by atoms with Crippen LogP contribution in [-0.4, -0.2) is 31.7 Å². The van der Waals surface area contributed by atoms with Gasteiger partial charge in [-0.15, -0.1) is 0 Å². The number of allylic oxidation sites excluding steroid dienone is 2. The summed E-state index contributed by atoms with van der Waals surface area (Å²) in [7, 11) is 0. The summed E-state index contributed by atoms with van der Waals surface area (Å²) in [5, 5.41) is 5.47. The number of ether oxygens (including phenoxy) is 1. The van der Waals surface area contributed by atoms with Gasteiger partial charge in [-0.2, -0.15) is 0 Å². The van der Waals surface area contributed by atoms with Crippen molar-refractivity contribution >= 4 is 17.7 Å². The smallest absolute Gasteiger partial charge is 0.338 e. The van der Waals surface area contributed by atoms with Gasteiger partial charge in [0.25, 0.3) is 0 Å². The van der Waals surface area contributed by atoms with E-state index in [-0.39, 0.29) is 12.6 Å². The number of hydrogen-bond donors (Lipinski definition) is 2. The molecule has 2 amide bonds. The second-order valence-electron chi connectivity index (χ2n) is 6.00. The van der Waals surface area contributed by atoms with Crippen LogP contribution in [0.5, 0.6) is 0 Å². The number of nitrogens with one attached hydrogen (secondary N) is 2. The Kier molecular flexibility index (Phi) is 6.83. The maximum Gasteiger partial charge on any atom is 0.338 e. The second-order valence-corrected chi connectivity index (χ2v) is 6.00. The molecule has 1 heterocycles. The highest BCUT2D eigenvalue weighted by Gasteiger charge is 2.32. The summed E-state index contributed by atoms with van der Waals surface area (Å²) < 4.78 is 5.29. The van der Waals surface area contributed by atoms with E-state index in [1.165, 1.54) is 0 Å². The molecule has 1 aliphatic heterocycles. The monoisotopic (exact) mass is 357 g/mol. The van der Waals surface area contributed by atoms with Gasteiger partial charge in [-0.3, -0.25) is 0 Å². The van der Waals surface area contributed by atoms with Crippen LogP contribution in [0.3, 0.4) is 0 Å². The minimum atomic E-state index is -0.535. The van der Waals surface area contributed by atoms with Gasteiger partial charge < -0.3 is 20.3 Å². The maximum absolute atomic E-state index is 12.5. The molecule has 140 valence electrons. The van der Waals surface area contributed by atoms with Crippen LogP contribution in [0.2, 0.25) is 0 Å². The lowest BCUT2D eigenvalue weighted by molar-refractivity contribution is -0.138. The van der Waals surface area contributed by atoms with E-state index in [9.17, 15) is 9.59 Å². The predicted octanol–water partition coefficient (Wildman–Crippen LogP) is 3.28. The summed E-state index contributed by atoms with van der Waals surface area (Å²) in [5.74, 6) is -0.439. The minimum absolute atomic E-state index is 0.202. The van der Waals surface area contributed by atoms with Crippen molar-refractivity contribution < 1.29 is 14.3 Å². The van der Waals surface area contributed by atoms with Crippen LogP contribution in [0.1, 0.15) is 39.3 Å². The quantitative estimate of drug-likeness (QED) is 0.580. The molecule has 6 nitrogen and oxygen atoms in total. The van der Waals surface area contributed by atoms with E-state index in [0.29, 0.717) is 11.3 Å². The lowest BCUT2D eigenvalue weighted by Gasteiger charge is -2.28. The molecule has 0 aromatic heterocycles. The Hall–Kier alpha value is -2.76. The number of carbonyl (C=O) groups is 2. The van der Waals surface area contributed by atoms with Gasteiger partial charge in [-0.05, 0) is 45.4 Å². The molecule has 0 fully saturated rings. The zero-order valence-corrected chi connectivity index (χ0v) is 15.8. The molecule has 1 aliphatic rings. The third-order valence-corrected chi connectivity index (χ3v) is 4.39. The summed E-state index contributed by atoms with van der Waals surface area (Å²) in [6.45, 7) is 9.82. The Morgan fingerprint density at radius 3 is 2.46 bits per heavy atom. The van der Waals surface area contributed by atoms with Gasteiger partial charge in [-0.1, -0.05) is 24.3 Å². The van der Waals surface area contributed by atoms with Gasteiger partial charge >= 0.3 is 12.0 Å². The van der Waals surface area contributed by atoms with E-state index in [1.54, 1.807) is 13.0 Å². The average Bonchev–Trinajstić information content (AvgIpc) is 2.62. The molecule has 0 bridgehead atoms. The molecule has 26 heavy (non-hydrogen) atoms. The van der Waals surface area contributed by atoms with Crippen molar-refractivity contribution in [1.82, 2.24) is 10.6 Å². The van der Waals surface area contributed by atoms with Crippen molar-refractivity contribution in [2.45, 2.75) is 33.7 Å². The van der Waals surface area contributed by atoms with Gasteiger partial charge in [0.1, 0.15) is 6.61 Å². The third kappa shape index (κ3) is 4.45. The van der Waals surface area contributed by atoms with Gasteiger partial charge in [0.05, 0.1) is 11.6 Å². The summed E-state index contributed by atoms with van der Waals surface area (Å²) in [6, 6.07) is 7.04. The number of rotatable bonds is 7. The molecule has 0 spiro atoms. The highest BCUT2D eigenvalue weighted by molar-refractivity contribution is 5.95. The molecule has 0 aliphatic carbocycles. The van der Waals surface area contributed by atoms with Gasteiger partial charge in [0, 0.05) is 24.5 Å². The molecule has 6 heteroatoms. The van der Waals surface area contributed by atoms with Crippen LogP contribution < -0.4 is 15.5 Å². The number of anilines is 1. The Balaban J connectivity index is 2.30. The number of nitrogens with zero attached hydrogens (tertiary/aromatic N) is 1. The van der Waals surface area contributed by atoms with E-state index in [1.807, 2.05) is 37.3 Å². The van der Waals surface area contributed by atoms with Crippen LogP contribution in [0, 0.1) is 0 Å². The summed E-state index contributed by atoms with van der Waals surface area (Å²) in [6.07, 6.45) is 3.58. The second kappa shape index (κ2) is 9.08. The largest absolute Gasteiger partial charge is 0.458 e. The Bertz CT molecular complexity index is 704. The van der Waals surface area contributed by atoms with Crippen molar-refractivity contribution in [2.75, 3.05) is 24.6 Å². The fourth-order valence-corrected chi connectivity index (χ4v) is 2.98. The van der Waals surface area contributed by atoms with Crippen molar-refractivity contribution in [3.05, 3.63) is 53.3 Å². The van der Waals surface area contributed by atoms with Crippen molar-refractivity contribution in [3.8, 4) is 0 Å². The first-order valence-electron chi connectivity index (χ1n) is 8.93. The Morgan fingerprint density at radius 2 is 1.88 bits per heavy atom. The van der Waals surface area contributed by atoms with Crippen LogP contribution in [0.4, 0.5) is 10.5 Å². The number of urea groups is 1. The normalized spacial score (nSPS) is 17.1. The molecule has 0 saturated heterocycles. The standard InChI is InChI=1S/C20H27N3O3/c1-5-8-13-26-19(24)17-14(4)21-20(25)22-18(17)15-9-11-16(12-10-15)23(6-2)7-3/h5,8-12,18H,6-7,13H2,1-4H3,(H2,21,22,25)/b8-5+/t18-/m1/s1. The van der Waals surface area contributed by atoms with Crippen molar-refractivity contribution in [2.24, 2.45) is 0 Å². The highest BCUT2D eigenvalue weighted by Crippen LogP contribution is 2.29.